The Bertz CT molecular complexity index is 305. The second-order valence-electron chi connectivity index (χ2n) is 2.53. The molecule has 0 saturated carbocycles. The smallest absolute Gasteiger partial charge is 0.129 e. The van der Waals surface area contributed by atoms with Gasteiger partial charge in [0, 0.05) is 6.54 Å². The molecule has 0 heterocycles. The summed E-state index contributed by atoms with van der Waals surface area (Å²) in [4.78, 5) is 0.359. The van der Waals surface area contributed by atoms with Crippen LogP contribution in [0.3, 0.4) is 0 Å². The molecule has 1 aromatic rings. The van der Waals surface area contributed by atoms with Crippen LogP contribution >= 0.6 is 12.2 Å². The first-order chi connectivity index (χ1) is 6.16. The van der Waals surface area contributed by atoms with Crippen molar-refractivity contribution in [3.8, 4) is 11.5 Å². The van der Waals surface area contributed by atoms with Crippen molar-refractivity contribution in [2.45, 2.75) is 6.92 Å². The average Bonchev–Trinajstić information content (AvgIpc) is 2.04. The van der Waals surface area contributed by atoms with Crippen molar-refractivity contribution in [3.05, 3.63) is 23.8 Å². The molecule has 0 aliphatic heterocycles. The summed E-state index contributed by atoms with van der Waals surface area (Å²) in [7, 11) is 0. The maximum absolute atomic E-state index is 9.40. The average molecular weight is 197 g/mol. The Hall–Kier alpha value is -1.29. The third kappa shape index (κ3) is 2.09. The van der Waals surface area contributed by atoms with Crippen molar-refractivity contribution in [2.24, 2.45) is 0 Å². The second kappa shape index (κ2) is 4.09. The largest absolute Gasteiger partial charge is 0.507 e. The number of nitrogens with one attached hydrogen (secondary N) is 1. The van der Waals surface area contributed by atoms with E-state index in [0.29, 0.717) is 17.1 Å². The van der Waals surface area contributed by atoms with Gasteiger partial charge in [-0.25, -0.2) is 0 Å². The maximum Gasteiger partial charge on any atom is 0.129 e. The second-order valence-corrected chi connectivity index (χ2v) is 2.94. The number of rotatable bonds is 2. The third-order valence-corrected chi connectivity index (χ3v) is 1.93. The molecule has 0 spiro atoms. The summed E-state index contributed by atoms with van der Waals surface area (Å²) < 4.78 is 0. The summed E-state index contributed by atoms with van der Waals surface area (Å²) in [5.74, 6) is -0.0168. The van der Waals surface area contributed by atoms with Crippen LogP contribution in [-0.2, 0) is 0 Å². The molecule has 0 atom stereocenters. The summed E-state index contributed by atoms with van der Waals surface area (Å²) in [6.07, 6.45) is 0. The lowest BCUT2D eigenvalue weighted by Crippen LogP contribution is -2.21. The minimum atomic E-state index is -0.00838. The zero-order chi connectivity index (χ0) is 9.84. The molecule has 3 nitrogen and oxygen atoms in total. The fourth-order valence-electron chi connectivity index (χ4n) is 1.01. The highest BCUT2D eigenvalue weighted by molar-refractivity contribution is 7.80. The molecule has 0 bridgehead atoms. The van der Waals surface area contributed by atoms with Crippen LogP contribution in [0.25, 0.3) is 0 Å². The standard InChI is InChI=1S/C9H11NO2S/c1-2-10-9(13)8-6(11)4-3-5-7(8)12/h3-5,11-12H,2H2,1H3,(H,10,13). The molecule has 0 fully saturated rings. The van der Waals surface area contributed by atoms with Crippen molar-refractivity contribution in [1.29, 1.82) is 0 Å². The molecule has 3 N–H and O–H groups in total. The van der Waals surface area contributed by atoms with Gasteiger partial charge in [0.1, 0.15) is 16.5 Å². The van der Waals surface area contributed by atoms with Gasteiger partial charge in [-0.2, -0.15) is 0 Å². The fraction of sp³-hybridized carbons (Fsp3) is 0.222. The van der Waals surface area contributed by atoms with Crippen molar-refractivity contribution < 1.29 is 10.2 Å². The Morgan fingerprint density at radius 3 is 2.38 bits per heavy atom. The monoisotopic (exact) mass is 197 g/mol. The van der Waals surface area contributed by atoms with Gasteiger partial charge in [-0.1, -0.05) is 18.3 Å². The number of phenols is 2. The molecule has 1 aromatic carbocycles. The van der Waals surface area contributed by atoms with Crippen molar-refractivity contribution in [3.63, 3.8) is 0 Å². The molecule has 0 radical (unpaired) electrons. The maximum atomic E-state index is 9.40. The van der Waals surface area contributed by atoms with Gasteiger partial charge in [-0.3, -0.25) is 0 Å². The molecule has 0 aliphatic carbocycles. The minimum absolute atomic E-state index is 0.00838. The normalized spacial score (nSPS) is 9.62. The third-order valence-electron chi connectivity index (χ3n) is 1.58. The summed E-state index contributed by atoms with van der Waals surface area (Å²) in [6.45, 7) is 2.55. The fourth-order valence-corrected chi connectivity index (χ4v) is 1.36. The van der Waals surface area contributed by atoms with Crippen LogP contribution < -0.4 is 5.32 Å². The zero-order valence-corrected chi connectivity index (χ0v) is 8.06. The Labute approximate surface area is 82.0 Å². The molecule has 13 heavy (non-hydrogen) atoms. The zero-order valence-electron chi connectivity index (χ0n) is 7.24. The number of phenolic OH excluding ortho intramolecular Hbond substituents is 2. The Morgan fingerprint density at radius 2 is 1.92 bits per heavy atom. The molecule has 1 rings (SSSR count). The molecule has 70 valence electrons. The van der Waals surface area contributed by atoms with E-state index in [9.17, 15) is 10.2 Å². The van der Waals surface area contributed by atoms with E-state index < -0.39 is 0 Å². The van der Waals surface area contributed by atoms with Crippen LogP contribution in [0.5, 0.6) is 11.5 Å². The Kier molecular flexibility index (Phi) is 3.08. The van der Waals surface area contributed by atoms with Gasteiger partial charge in [-0.05, 0) is 19.1 Å². The highest BCUT2D eigenvalue weighted by Gasteiger charge is 2.10. The van der Waals surface area contributed by atoms with E-state index in [4.69, 9.17) is 12.2 Å². The first-order valence-electron chi connectivity index (χ1n) is 3.96. The summed E-state index contributed by atoms with van der Waals surface area (Å²) in [5, 5.41) is 21.7. The van der Waals surface area contributed by atoms with Gasteiger partial charge < -0.3 is 15.5 Å². The lowest BCUT2D eigenvalue weighted by Gasteiger charge is -2.08. The predicted octanol–water partition coefficient (Wildman–Crippen LogP) is 1.38. The predicted molar refractivity (Wildman–Crippen MR) is 55.1 cm³/mol. The Balaban J connectivity index is 3.05. The van der Waals surface area contributed by atoms with Gasteiger partial charge in [0.15, 0.2) is 0 Å². The van der Waals surface area contributed by atoms with E-state index in [1.165, 1.54) is 12.1 Å². The number of thiocarbonyl (C=S) groups is 1. The number of hydrogen-bond acceptors (Lipinski definition) is 3. The highest BCUT2D eigenvalue weighted by Crippen LogP contribution is 2.26. The first kappa shape index (κ1) is 9.80. The summed E-state index contributed by atoms with van der Waals surface area (Å²) >= 11 is 4.96. The molecule has 0 saturated heterocycles. The van der Waals surface area contributed by atoms with Crippen molar-refractivity contribution in [2.75, 3.05) is 6.54 Å². The SMILES string of the molecule is CCNC(=S)c1c(O)cccc1O. The molecule has 0 amide bonds. The van der Waals surface area contributed by atoms with Crippen LogP contribution in [0.1, 0.15) is 12.5 Å². The molecular weight excluding hydrogens is 186 g/mol. The van der Waals surface area contributed by atoms with Gasteiger partial charge in [0.05, 0.1) is 5.56 Å². The minimum Gasteiger partial charge on any atom is -0.507 e. The van der Waals surface area contributed by atoms with Gasteiger partial charge >= 0.3 is 0 Å². The van der Waals surface area contributed by atoms with Gasteiger partial charge in [0.25, 0.3) is 0 Å². The van der Waals surface area contributed by atoms with E-state index >= 15 is 0 Å². The molecule has 0 aliphatic rings. The number of hydrogen-bond donors (Lipinski definition) is 3. The van der Waals surface area contributed by atoms with Gasteiger partial charge in [-0.15, -0.1) is 0 Å². The van der Waals surface area contributed by atoms with E-state index in [2.05, 4.69) is 5.32 Å². The van der Waals surface area contributed by atoms with Crippen LogP contribution in [-0.4, -0.2) is 21.7 Å². The van der Waals surface area contributed by atoms with E-state index in [1.54, 1.807) is 6.07 Å². The molecule has 4 heteroatoms. The summed E-state index contributed by atoms with van der Waals surface area (Å²) in [5.41, 5.74) is 0.291. The molecular formula is C9H11NO2S. The van der Waals surface area contributed by atoms with Crippen LogP contribution in [0, 0.1) is 0 Å². The van der Waals surface area contributed by atoms with E-state index in [0.717, 1.165) is 0 Å². The van der Waals surface area contributed by atoms with Crippen molar-refractivity contribution in [1.82, 2.24) is 5.32 Å². The number of benzene rings is 1. The highest BCUT2D eigenvalue weighted by atomic mass is 32.1. The van der Waals surface area contributed by atoms with Crippen LogP contribution in [0.4, 0.5) is 0 Å². The first-order valence-corrected chi connectivity index (χ1v) is 4.36. The lowest BCUT2D eigenvalue weighted by molar-refractivity contribution is 0.448. The molecule has 0 unspecified atom stereocenters. The Morgan fingerprint density at radius 1 is 1.38 bits per heavy atom. The molecule has 0 aromatic heterocycles. The quantitative estimate of drug-likeness (QED) is 0.627. The van der Waals surface area contributed by atoms with Crippen LogP contribution in [0.15, 0.2) is 18.2 Å². The number of aromatic hydroxyl groups is 2. The topological polar surface area (TPSA) is 52.5 Å². The van der Waals surface area contributed by atoms with E-state index in [-0.39, 0.29) is 11.5 Å². The van der Waals surface area contributed by atoms with Gasteiger partial charge in [0.2, 0.25) is 0 Å². The van der Waals surface area contributed by atoms with E-state index in [1.807, 2.05) is 6.92 Å². The summed E-state index contributed by atoms with van der Waals surface area (Å²) in [6, 6.07) is 4.53. The lowest BCUT2D eigenvalue weighted by atomic mass is 10.2. The van der Waals surface area contributed by atoms with Crippen molar-refractivity contribution >= 4 is 17.2 Å². The van der Waals surface area contributed by atoms with Crippen LogP contribution in [0.2, 0.25) is 0 Å².